The quantitative estimate of drug-likeness (QED) is 0.388. The maximum absolute atomic E-state index is 5.30. The summed E-state index contributed by atoms with van der Waals surface area (Å²) in [7, 11) is 3.44. The average Bonchev–Trinajstić information content (AvgIpc) is 2.45. The van der Waals surface area contributed by atoms with E-state index in [1.54, 1.807) is 14.2 Å². The van der Waals surface area contributed by atoms with E-state index in [1.807, 2.05) is 0 Å². The molecule has 0 bridgehead atoms. The van der Waals surface area contributed by atoms with Gasteiger partial charge in [-0.3, -0.25) is 0 Å². The Hall–Kier alpha value is 0.617. The molecule has 0 saturated heterocycles. The Morgan fingerprint density at radius 3 is 1.45 bits per heavy atom. The van der Waals surface area contributed by atoms with Crippen molar-refractivity contribution in [3.8, 4) is 11.5 Å². The van der Waals surface area contributed by atoms with Crippen molar-refractivity contribution in [1.82, 2.24) is 0 Å². The molecule has 0 fully saturated rings. The monoisotopic (exact) mass is 616 g/mol. The van der Waals surface area contributed by atoms with Gasteiger partial charge in [0.05, 0.1) is 0 Å². The van der Waals surface area contributed by atoms with Crippen LogP contribution in [0.2, 0.25) is 0 Å². The van der Waals surface area contributed by atoms with Crippen molar-refractivity contribution in [2.24, 2.45) is 0 Å². The number of rotatable bonds is 4. The van der Waals surface area contributed by atoms with Crippen LogP contribution in [0.1, 0.15) is 0 Å². The summed E-state index contributed by atoms with van der Waals surface area (Å²) in [6.45, 7) is 0. The van der Waals surface area contributed by atoms with Crippen LogP contribution in [0, 0.1) is 7.14 Å². The van der Waals surface area contributed by atoms with E-state index < -0.39 is 0 Å². The molecular formula is C14H12As2I2O2. The van der Waals surface area contributed by atoms with Gasteiger partial charge in [-0.05, 0) is 0 Å². The van der Waals surface area contributed by atoms with Crippen LogP contribution in [0.4, 0.5) is 0 Å². The Kier molecular flexibility index (Phi) is 7.05. The van der Waals surface area contributed by atoms with Gasteiger partial charge >= 0.3 is 159 Å². The number of ether oxygens (including phenoxy) is 2. The molecule has 0 amide bonds. The molecule has 20 heavy (non-hydrogen) atoms. The Labute approximate surface area is 157 Å². The van der Waals surface area contributed by atoms with Gasteiger partial charge in [-0.15, -0.1) is 0 Å². The van der Waals surface area contributed by atoms with Crippen LogP contribution in [0.5, 0.6) is 11.5 Å². The van der Waals surface area contributed by atoms with Crippen LogP contribution in [0.15, 0.2) is 36.4 Å². The molecule has 0 heterocycles. The van der Waals surface area contributed by atoms with Crippen LogP contribution >= 0.6 is 45.2 Å². The summed E-state index contributed by atoms with van der Waals surface area (Å²) in [5, 5.41) is 0. The van der Waals surface area contributed by atoms with E-state index in [0.29, 0.717) is 0 Å². The van der Waals surface area contributed by atoms with Gasteiger partial charge in [0.25, 0.3) is 0 Å². The molecule has 0 unspecified atom stereocenters. The second-order valence-corrected chi connectivity index (χ2v) is 13.5. The van der Waals surface area contributed by atoms with Gasteiger partial charge in [0.1, 0.15) is 0 Å². The van der Waals surface area contributed by atoms with Gasteiger partial charge < -0.3 is 0 Å². The Morgan fingerprint density at radius 2 is 1.15 bits per heavy atom. The fraction of sp³-hybridized carbons (Fsp3) is 0.143. The topological polar surface area (TPSA) is 18.5 Å². The summed E-state index contributed by atoms with van der Waals surface area (Å²) in [4.78, 5) is 0. The summed E-state index contributed by atoms with van der Waals surface area (Å²) in [6.07, 6.45) is 0. The molecule has 0 aliphatic carbocycles. The molecule has 2 nitrogen and oxygen atoms in total. The molecule has 0 atom stereocenters. The molecule has 2 aromatic rings. The molecule has 0 aliphatic rings. The average molecular weight is 616 g/mol. The first-order chi connectivity index (χ1) is 9.63. The fourth-order valence-corrected chi connectivity index (χ4v) is 11.2. The molecule has 104 valence electrons. The molecule has 2 aromatic carbocycles. The zero-order valence-electron chi connectivity index (χ0n) is 10.9. The number of hydrogen-bond donors (Lipinski definition) is 0. The first-order valence-corrected chi connectivity index (χ1v) is 15.0. The molecule has 0 N–H and O–H groups in total. The maximum atomic E-state index is 5.30. The Balaban J connectivity index is 2.20. The third-order valence-corrected chi connectivity index (χ3v) is 12.7. The molecule has 0 radical (unpaired) electrons. The first kappa shape index (κ1) is 17.0. The van der Waals surface area contributed by atoms with Gasteiger partial charge in [0, 0.05) is 0 Å². The zero-order chi connectivity index (χ0) is 14.5. The number of benzene rings is 2. The van der Waals surface area contributed by atoms with Crippen LogP contribution in [0.3, 0.4) is 0 Å². The van der Waals surface area contributed by atoms with Crippen LogP contribution in [-0.4, -0.2) is 40.5 Å². The summed E-state index contributed by atoms with van der Waals surface area (Å²) < 4.78 is 15.9. The van der Waals surface area contributed by atoms with Crippen molar-refractivity contribution in [2.75, 3.05) is 14.2 Å². The SMILES string of the molecule is COc1ccc([As]=[As]c2ccc(OC)c(I)c2)cc1I. The van der Waals surface area contributed by atoms with Crippen LogP contribution in [0.25, 0.3) is 0 Å². The minimum atomic E-state index is 0.230. The summed E-state index contributed by atoms with van der Waals surface area (Å²) in [5.41, 5.74) is 0. The summed E-state index contributed by atoms with van der Waals surface area (Å²) in [5.74, 6) is 1.93. The fourth-order valence-electron chi connectivity index (χ4n) is 1.55. The Morgan fingerprint density at radius 1 is 0.750 bits per heavy atom. The van der Waals surface area contributed by atoms with Crippen molar-refractivity contribution < 1.29 is 9.47 Å². The van der Waals surface area contributed by atoms with E-state index in [2.05, 4.69) is 81.6 Å². The van der Waals surface area contributed by atoms with Crippen molar-refractivity contribution in [3.05, 3.63) is 43.5 Å². The van der Waals surface area contributed by atoms with Crippen molar-refractivity contribution >= 4 is 80.2 Å². The van der Waals surface area contributed by atoms with E-state index in [-0.39, 0.29) is 26.3 Å². The van der Waals surface area contributed by atoms with Crippen molar-refractivity contribution in [2.45, 2.75) is 0 Å². The number of methoxy groups -OCH3 is 2. The molecule has 2 rings (SSSR count). The van der Waals surface area contributed by atoms with Crippen molar-refractivity contribution in [3.63, 3.8) is 0 Å². The first-order valence-electron chi connectivity index (χ1n) is 5.73. The van der Waals surface area contributed by atoms with Crippen LogP contribution < -0.4 is 18.2 Å². The zero-order valence-corrected chi connectivity index (χ0v) is 19.0. The van der Waals surface area contributed by atoms with E-state index >= 15 is 0 Å². The van der Waals surface area contributed by atoms with Gasteiger partial charge in [-0.2, -0.15) is 0 Å². The van der Waals surface area contributed by atoms with Crippen molar-refractivity contribution in [1.29, 1.82) is 0 Å². The molecular weight excluding hydrogens is 604 g/mol. The van der Waals surface area contributed by atoms with Gasteiger partial charge in [0.2, 0.25) is 0 Å². The van der Waals surface area contributed by atoms with E-state index in [4.69, 9.17) is 9.47 Å². The third kappa shape index (κ3) is 4.55. The van der Waals surface area contributed by atoms with E-state index in [1.165, 1.54) is 15.8 Å². The number of halogens is 2. The van der Waals surface area contributed by atoms with Crippen LogP contribution in [-0.2, 0) is 0 Å². The summed E-state index contributed by atoms with van der Waals surface area (Å²) in [6, 6.07) is 13.1. The molecule has 0 aromatic heterocycles. The van der Waals surface area contributed by atoms with E-state index in [9.17, 15) is 0 Å². The molecule has 0 spiro atoms. The number of hydrogen-bond acceptors (Lipinski definition) is 2. The summed E-state index contributed by atoms with van der Waals surface area (Å²) >= 11 is 5.14. The normalized spacial score (nSPS) is 10.8. The third-order valence-electron chi connectivity index (χ3n) is 2.55. The Bertz CT molecular complexity index is 590. The van der Waals surface area contributed by atoms with Gasteiger partial charge in [-0.25, -0.2) is 0 Å². The second-order valence-electron chi connectivity index (χ2n) is 3.84. The van der Waals surface area contributed by atoms with Gasteiger partial charge in [0.15, 0.2) is 0 Å². The standard InChI is InChI=1S/C14H12As2I2O2/c1-19-13-5-3-9(7-11(13)17)15-16-10-4-6-14(20-2)12(18)8-10/h3-8H,1-2H3. The predicted octanol–water partition coefficient (Wildman–Crippen LogP) is 2.19. The molecule has 0 saturated carbocycles. The second kappa shape index (κ2) is 8.30. The molecule has 0 aliphatic heterocycles. The minimum absolute atomic E-state index is 0.230. The predicted molar refractivity (Wildman–Crippen MR) is 102 cm³/mol. The molecule has 6 heteroatoms. The van der Waals surface area contributed by atoms with Gasteiger partial charge in [-0.1, -0.05) is 0 Å². The van der Waals surface area contributed by atoms with E-state index in [0.717, 1.165) is 11.5 Å².